The van der Waals surface area contributed by atoms with E-state index in [-0.39, 0.29) is 0 Å². The van der Waals surface area contributed by atoms with Crippen LogP contribution in [-0.2, 0) is 20.9 Å². The number of hydrogen-bond acceptors (Lipinski definition) is 7. The molecule has 0 spiro atoms. The molecule has 1 fully saturated rings. The second-order valence-electron chi connectivity index (χ2n) is 7.51. The number of aromatic nitrogens is 2. The predicted octanol–water partition coefficient (Wildman–Crippen LogP) is 3.54. The van der Waals surface area contributed by atoms with E-state index in [9.17, 15) is 14.4 Å². The normalized spacial score (nSPS) is 18.0. The molecular formula is C22H21N5O3S2. The minimum absolute atomic E-state index is 0.319. The fraction of sp³-hybridized carbons (Fsp3) is 0.227. The molecule has 4 amide bonds. The third kappa shape index (κ3) is 4.66. The van der Waals surface area contributed by atoms with Gasteiger partial charge in [-0.3, -0.25) is 19.8 Å². The summed E-state index contributed by atoms with van der Waals surface area (Å²) in [6, 6.07) is 16.6. The van der Waals surface area contributed by atoms with Crippen molar-refractivity contribution in [2.24, 2.45) is 0 Å². The van der Waals surface area contributed by atoms with Crippen LogP contribution in [0.4, 0.5) is 9.93 Å². The number of thioether (sulfide) groups is 1. The lowest BCUT2D eigenvalue weighted by molar-refractivity contribution is -0.133. The predicted molar refractivity (Wildman–Crippen MR) is 123 cm³/mol. The average Bonchev–Trinajstić information content (AvgIpc) is 3.32. The van der Waals surface area contributed by atoms with E-state index in [1.807, 2.05) is 13.0 Å². The Kier molecular flexibility index (Phi) is 6.24. The Bertz CT molecular complexity index is 1150. The molecule has 0 radical (unpaired) electrons. The van der Waals surface area contributed by atoms with Crippen molar-refractivity contribution >= 4 is 46.1 Å². The first-order valence-corrected chi connectivity index (χ1v) is 11.7. The highest BCUT2D eigenvalue weighted by Crippen LogP contribution is 2.30. The number of nitrogens with zero attached hydrogens (tertiary/aromatic N) is 3. The number of carbonyl (C=O) groups is 3. The van der Waals surface area contributed by atoms with E-state index >= 15 is 0 Å². The van der Waals surface area contributed by atoms with E-state index in [2.05, 4.69) is 45.1 Å². The molecule has 1 aliphatic heterocycles. The number of rotatable bonds is 7. The summed E-state index contributed by atoms with van der Waals surface area (Å²) in [5.41, 5.74) is 1.82. The molecule has 0 bridgehead atoms. The highest BCUT2D eigenvalue weighted by atomic mass is 32.2. The van der Waals surface area contributed by atoms with E-state index in [1.54, 1.807) is 31.2 Å². The third-order valence-electron chi connectivity index (χ3n) is 5.06. The molecule has 1 atom stereocenters. The summed E-state index contributed by atoms with van der Waals surface area (Å²) in [5.74, 6) is -0.254. The van der Waals surface area contributed by atoms with Gasteiger partial charge in [-0.1, -0.05) is 83.3 Å². The highest BCUT2D eigenvalue weighted by molar-refractivity contribution is 8.00. The van der Waals surface area contributed by atoms with Crippen molar-refractivity contribution in [2.75, 3.05) is 11.9 Å². The molecular weight excluding hydrogens is 446 g/mol. The molecule has 1 aromatic heterocycles. The Morgan fingerprint density at radius 1 is 1.12 bits per heavy atom. The van der Waals surface area contributed by atoms with Gasteiger partial charge >= 0.3 is 6.03 Å². The molecule has 4 rings (SSSR count). The lowest BCUT2D eigenvalue weighted by Crippen LogP contribution is -2.42. The molecule has 0 unspecified atom stereocenters. The van der Waals surface area contributed by atoms with Gasteiger partial charge in [0.1, 0.15) is 12.1 Å². The molecule has 2 heterocycles. The van der Waals surface area contributed by atoms with Crippen LogP contribution < -0.4 is 10.6 Å². The first-order valence-electron chi connectivity index (χ1n) is 9.86. The number of nitrogens with one attached hydrogen (secondary N) is 2. The molecule has 2 aromatic carbocycles. The molecule has 1 saturated heterocycles. The second-order valence-corrected chi connectivity index (χ2v) is 9.71. The largest absolute Gasteiger partial charge is 0.325 e. The Morgan fingerprint density at radius 3 is 2.56 bits per heavy atom. The van der Waals surface area contributed by atoms with Crippen molar-refractivity contribution in [1.29, 1.82) is 0 Å². The maximum absolute atomic E-state index is 12.9. The summed E-state index contributed by atoms with van der Waals surface area (Å²) in [7, 11) is 0. The quantitative estimate of drug-likeness (QED) is 0.313. The highest BCUT2D eigenvalue weighted by Gasteiger charge is 2.49. The Morgan fingerprint density at radius 2 is 1.84 bits per heavy atom. The van der Waals surface area contributed by atoms with E-state index in [0.29, 0.717) is 15.0 Å². The number of hydrogen-bond donors (Lipinski definition) is 2. The smallest absolute Gasteiger partial charge is 0.319 e. The monoisotopic (exact) mass is 467 g/mol. The van der Waals surface area contributed by atoms with Crippen molar-refractivity contribution in [3.63, 3.8) is 0 Å². The molecule has 0 aliphatic carbocycles. The summed E-state index contributed by atoms with van der Waals surface area (Å²) >= 11 is 2.77. The van der Waals surface area contributed by atoms with Crippen molar-refractivity contribution in [2.45, 2.75) is 29.5 Å². The van der Waals surface area contributed by atoms with Crippen LogP contribution in [-0.4, -0.2) is 39.5 Å². The van der Waals surface area contributed by atoms with Crippen molar-refractivity contribution < 1.29 is 14.4 Å². The molecule has 8 nitrogen and oxygen atoms in total. The van der Waals surface area contributed by atoms with E-state index in [1.165, 1.54) is 34.2 Å². The molecule has 3 aromatic rings. The van der Waals surface area contributed by atoms with Crippen LogP contribution in [0.5, 0.6) is 0 Å². The van der Waals surface area contributed by atoms with Crippen molar-refractivity contribution in [3.8, 4) is 0 Å². The van der Waals surface area contributed by atoms with Crippen LogP contribution in [0.1, 0.15) is 23.6 Å². The zero-order valence-electron chi connectivity index (χ0n) is 17.5. The number of urea groups is 1. The van der Waals surface area contributed by atoms with E-state index in [4.69, 9.17) is 0 Å². The number of anilines is 1. The minimum Gasteiger partial charge on any atom is -0.319 e. The van der Waals surface area contributed by atoms with Crippen LogP contribution in [0.3, 0.4) is 0 Å². The van der Waals surface area contributed by atoms with Gasteiger partial charge in [0.25, 0.3) is 5.91 Å². The molecule has 10 heteroatoms. The van der Waals surface area contributed by atoms with Crippen LogP contribution in [0, 0.1) is 6.92 Å². The standard InChI is InChI=1S/C22H21N5O3S2/c1-14-8-10-15(11-9-14)13-31-21-26-25-19(32-21)23-17(28)12-27-18(29)22(2,24-20(27)30)16-6-4-3-5-7-16/h3-11H,12-13H2,1-2H3,(H,24,30)(H,23,25,28)/t22-/m0/s1. The van der Waals surface area contributed by atoms with Crippen LogP contribution in [0.2, 0.25) is 0 Å². The topological polar surface area (TPSA) is 104 Å². The third-order valence-corrected chi connectivity index (χ3v) is 7.11. The summed E-state index contributed by atoms with van der Waals surface area (Å²) in [6.07, 6.45) is 0. The maximum Gasteiger partial charge on any atom is 0.325 e. The van der Waals surface area contributed by atoms with Gasteiger partial charge in [0.05, 0.1) is 0 Å². The fourth-order valence-electron chi connectivity index (χ4n) is 3.26. The van der Waals surface area contributed by atoms with Gasteiger partial charge in [-0.05, 0) is 25.0 Å². The molecule has 164 valence electrons. The van der Waals surface area contributed by atoms with Gasteiger partial charge in [-0.15, -0.1) is 10.2 Å². The fourth-order valence-corrected chi connectivity index (χ4v) is 4.98. The number of amides is 4. The van der Waals surface area contributed by atoms with Crippen molar-refractivity contribution in [3.05, 3.63) is 71.3 Å². The van der Waals surface area contributed by atoms with E-state index in [0.717, 1.165) is 10.7 Å². The zero-order chi connectivity index (χ0) is 22.7. The SMILES string of the molecule is Cc1ccc(CSc2nnc(NC(=O)CN3C(=O)N[C@@](C)(c4ccccc4)C3=O)s2)cc1. The molecule has 32 heavy (non-hydrogen) atoms. The van der Waals surface area contributed by atoms with Crippen LogP contribution >= 0.6 is 23.1 Å². The average molecular weight is 468 g/mol. The zero-order valence-corrected chi connectivity index (χ0v) is 19.1. The molecule has 1 aliphatic rings. The van der Waals surface area contributed by atoms with Crippen LogP contribution in [0.15, 0.2) is 58.9 Å². The second kappa shape index (κ2) is 9.09. The van der Waals surface area contributed by atoms with Gasteiger partial charge in [0.15, 0.2) is 4.34 Å². The first-order chi connectivity index (χ1) is 15.3. The number of imide groups is 1. The summed E-state index contributed by atoms with van der Waals surface area (Å²) in [6.45, 7) is 3.26. The first kappa shape index (κ1) is 22.0. The van der Waals surface area contributed by atoms with Gasteiger partial charge in [0.2, 0.25) is 11.0 Å². The Balaban J connectivity index is 1.34. The van der Waals surface area contributed by atoms with Gasteiger partial charge in [-0.25, -0.2) is 4.79 Å². The van der Waals surface area contributed by atoms with Crippen LogP contribution in [0.25, 0.3) is 0 Å². The number of carbonyl (C=O) groups excluding carboxylic acids is 3. The summed E-state index contributed by atoms with van der Waals surface area (Å²) in [5, 5.41) is 13.7. The summed E-state index contributed by atoms with van der Waals surface area (Å²) in [4.78, 5) is 38.7. The molecule has 0 saturated carbocycles. The minimum atomic E-state index is -1.21. The van der Waals surface area contributed by atoms with Gasteiger partial charge in [-0.2, -0.15) is 0 Å². The Labute approximate surface area is 193 Å². The lowest BCUT2D eigenvalue weighted by atomic mass is 9.92. The Hall–Kier alpha value is -3.24. The van der Waals surface area contributed by atoms with Gasteiger partial charge in [0, 0.05) is 5.75 Å². The molecule has 2 N–H and O–H groups in total. The van der Waals surface area contributed by atoms with Crippen molar-refractivity contribution in [1.82, 2.24) is 20.4 Å². The summed E-state index contributed by atoms with van der Waals surface area (Å²) < 4.78 is 0.715. The number of benzene rings is 2. The lowest BCUT2D eigenvalue weighted by Gasteiger charge is -2.21. The van der Waals surface area contributed by atoms with Gasteiger partial charge < -0.3 is 5.32 Å². The van der Waals surface area contributed by atoms with E-state index < -0.39 is 29.9 Å². The maximum atomic E-state index is 12.9. The number of aryl methyl sites for hydroxylation is 1.